The van der Waals surface area contributed by atoms with Crippen LogP contribution in [0, 0.1) is 6.92 Å². The van der Waals surface area contributed by atoms with E-state index in [2.05, 4.69) is 58.9 Å². The van der Waals surface area contributed by atoms with E-state index in [4.69, 9.17) is 4.55 Å². The van der Waals surface area contributed by atoms with Crippen molar-refractivity contribution >= 4 is 10.1 Å². The Bertz CT molecular complexity index is 749. The predicted molar refractivity (Wildman–Crippen MR) is 105 cm³/mol. The van der Waals surface area contributed by atoms with Gasteiger partial charge in [-0.1, -0.05) is 69.7 Å². The van der Waals surface area contributed by atoms with Crippen LogP contribution in [0.2, 0.25) is 0 Å². The summed E-state index contributed by atoms with van der Waals surface area (Å²) in [4.78, 5) is -0.0513. The van der Waals surface area contributed by atoms with Crippen LogP contribution in [0.1, 0.15) is 69.1 Å². The van der Waals surface area contributed by atoms with E-state index in [0.29, 0.717) is 11.8 Å². The molecule has 1 N–H and O–H groups in total. The summed E-state index contributed by atoms with van der Waals surface area (Å²) in [6.07, 6.45) is 2.23. The Morgan fingerprint density at radius 3 is 1.84 bits per heavy atom. The summed E-state index contributed by atoms with van der Waals surface area (Å²) in [5.41, 5.74) is 3.91. The third kappa shape index (κ3) is 7.00. The van der Waals surface area contributed by atoms with Gasteiger partial charge in [0.05, 0.1) is 4.90 Å². The molecule has 0 heterocycles. The number of benzene rings is 2. The Hall–Kier alpha value is -1.65. The van der Waals surface area contributed by atoms with Crippen molar-refractivity contribution in [1.82, 2.24) is 0 Å². The molecule has 2 aromatic carbocycles. The molecule has 0 radical (unpaired) electrons. The van der Waals surface area contributed by atoms with Crippen LogP contribution in [0.15, 0.2) is 53.4 Å². The summed E-state index contributed by atoms with van der Waals surface area (Å²) in [5.74, 6) is 1.11. The van der Waals surface area contributed by atoms with Crippen LogP contribution in [-0.4, -0.2) is 13.0 Å². The van der Waals surface area contributed by atoms with Gasteiger partial charge in [0.2, 0.25) is 0 Å². The molecule has 0 amide bonds. The zero-order valence-electron chi connectivity index (χ0n) is 15.9. The first kappa shape index (κ1) is 21.4. The maximum absolute atomic E-state index is 10.7. The second-order valence-corrected chi connectivity index (χ2v) is 8.00. The number of hydrogen-bond acceptors (Lipinski definition) is 2. The quantitative estimate of drug-likeness (QED) is 0.668. The van der Waals surface area contributed by atoms with Crippen LogP contribution >= 0.6 is 0 Å². The van der Waals surface area contributed by atoms with Gasteiger partial charge in [0, 0.05) is 0 Å². The van der Waals surface area contributed by atoms with Crippen molar-refractivity contribution < 1.29 is 13.0 Å². The Balaban J connectivity index is 0.000000257. The first-order valence-corrected chi connectivity index (χ1v) is 10.3. The van der Waals surface area contributed by atoms with Crippen LogP contribution in [-0.2, 0) is 10.1 Å². The van der Waals surface area contributed by atoms with Gasteiger partial charge < -0.3 is 0 Å². The third-order valence-corrected chi connectivity index (χ3v) is 5.45. The number of rotatable bonds is 5. The minimum absolute atomic E-state index is 0.0513. The monoisotopic (exact) mass is 362 g/mol. The summed E-state index contributed by atoms with van der Waals surface area (Å²) in [7, 11) is -4.05. The van der Waals surface area contributed by atoms with Crippen LogP contribution in [0.3, 0.4) is 0 Å². The topological polar surface area (TPSA) is 54.4 Å². The van der Waals surface area contributed by atoms with Crippen molar-refractivity contribution in [2.24, 2.45) is 0 Å². The highest BCUT2D eigenvalue weighted by molar-refractivity contribution is 7.85. The van der Waals surface area contributed by atoms with E-state index < -0.39 is 10.1 Å². The summed E-state index contributed by atoms with van der Waals surface area (Å²) in [5, 5.41) is 0. The molecule has 2 unspecified atom stereocenters. The lowest BCUT2D eigenvalue weighted by molar-refractivity contribution is 0.483. The molecule has 2 atom stereocenters. The third-order valence-electron chi connectivity index (χ3n) is 4.58. The highest BCUT2D eigenvalue weighted by atomic mass is 32.2. The minimum atomic E-state index is -4.05. The molecule has 4 heteroatoms. The van der Waals surface area contributed by atoms with Crippen LogP contribution in [0.5, 0.6) is 0 Å². The molecule has 0 aliphatic carbocycles. The molecule has 0 saturated carbocycles. The number of hydrogen-bond donors (Lipinski definition) is 1. The molecule has 3 nitrogen and oxygen atoms in total. The van der Waals surface area contributed by atoms with Gasteiger partial charge in [-0.25, -0.2) is 0 Å². The van der Waals surface area contributed by atoms with E-state index in [9.17, 15) is 8.42 Å². The molecule has 0 fully saturated rings. The largest absolute Gasteiger partial charge is 0.294 e. The minimum Gasteiger partial charge on any atom is -0.282 e. The van der Waals surface area contributed by atoms with Gasteiger partial charge in [-0.15, -0.1) is 0 Å². The van der Waals surface area contributed by atoms with E-state index >= 15 is 0 Å². The van der Waals surface area contributed by atoms with Crippen LogP contribution < -0.4 is 0 Å². The smallest absolute Gasteiger partial charge is 0.282 e. The molecule has 0 aromatic heterocycles. The predicted octanol–water partition coefficient (Wildman–Crippen LogP) is 5.96. The molecule has 2 rings (SSSR count). The van der Waals surface area contributed by atoms with Crippen LogP contribution in [0.25, 0.3) is 0 Å². The first-order valence-electron chi connectivity index (χ1n) is 8.83. The van der Waals surface area contributed by atoms with E-state index in [1.807, 2.05) is 0 Å². The van der Waals surface area contributed by atoms with Gasteiger partial charge in [-0.2, -0.15) is 8.42 Å². The van der Waals surface area contributed by atoms with Gasteiger partial charge in [0.25, 0.3) is 10.1 Å². The SMILES string of the molecule is CCC(C)c1ccc(S(=O)(=O)O)cc1.CCC(C)c1cccc(C)c1. The van der Waals surface area contributed by atoms with Gasteiger partial charge in [0.15, 0.2) is 0 Å². The summed E-state index contributed by atoms with van der Waals surface area (Å²) < 4.78 is 30.2. The van der Waals surface area contributed by atoms with E-state index in [0.717, 1.165) is 12.0 Å². The molecule has 0 aliphatic heterocycles. The van der Waals surface area contributed by atoms with Gasteiger partial charge in [-0.05, 0) is 54.9 Å². The van der Waals surface area contributed by atoms with E-state index in [-0.39, 0.29) is 4.90 Å². The Morgan fingerprint density at radius 1 is 0.880 bits per heavy atom. The number of aryl methyl sites for hydroxylation is 1. The molecule has 0 spiro atoms. The second kappa shape index (κ2) is 9.73. The fourth-order valence-electron chi connectivity index (χ4n) is 2.42. The van der Waals surface area contributed by atoms with E-state index in [1.165, 1.54) is 29.7 Å². The fraction of sp³-hybridized carbons (Fsp3) is 0.429. The van der Waals surface area contributed by atoms with Crippen LogP contribution in [0.4, 0.5) is 0 Å². The van der Waals surface area contributed by atoms with Crippen molar-refractivity contribution in [2.45, 2.75) is 64.2 Å². The molecule has 25 heavy (non-hydrogen) atoms. The van der Waals surface area contributed by atoms with Gasteiger partial charge >= 0.3 is 0 Å². The zero-order valence-corrected chi connectivity index (χ0v) is 16.7. The lowest BCUT2D eigenvalue weighted by atomic mass is 9.97. The molecular weight excluding hydrogens is 332 g/mol. The highest BCUT2D eigenvalue weighted by Gasteiger charge is 2.09. The second-order valence-electron chi connectivity index (χ2n) is 6.58. The lowest BCUT2D eigenvalue weighted by Gasteiger charge is -2.08. The standard InChI is InChI=1S/C11H16.C10H14O3S/c1-4-10(3)11-7-5-6-9(2)8-11;1-3-8(2)9-4-6-10(7-5-9)14(11,12)13/h5-8,10H,4H2,1-3H3;4-8H,3H2,1-2H3,(H,11,12,13). The first-order chi connectivity index (χ1) is 11.7. The Labute approximate surface area is 152 Å². The van der Waals surface area contributed by atoms with Crippen molar-refractivity contribution in [2.75, 3.05) is 0 Å². The molecule has 0 aliphatic rings. The lowest BCUT2D eigenvalue weighted by Crippen LogP contribution is -1.98. The average Bonchev–Trinajstić information content (AvgIpc) is 2.60. The Morgan fingerprint density at radius 2 is 1.40 bits per heavy atom. The highest BCUT2D eigenvalue weighted by Crippen LogP contribution is 2.20. The van der Waals surface area contributed by atoms with E-state index in [1.54, 1.807) is 12.1 Å². The van der Waals surface area contributed by atoms with Crippen molar-refractivity contribution in [3.8, 4) is 0 Å². The maximum Gasteiger partial charge on any atom is 0.294 e. The average molecular weight is 363 g/mol. The molecule has 0 bridgehead atoms. The normalized spacial score (nSPS) is 13.5. The summed E-state index contributed by atoms with van der Waals surface area (Å²) >= 11 is 0. The zero-order chi connectivity index (χ0) is 19.0. The van der Waals surface area contributed by atoms with Crippen molar-refractivity contribution in [1.29, 1.82) is 0 Å². The summed E-state index contributed by atoms with van der Waals surface area (Å²) in [6.45, 7) is 10.8. The van der Waals surface area contributed by atoms with Gasteiger partial charge in [-0.3, -0.25) is 4.55 Å². The molecule has 138 valence electrons. The van der Waals surface area contributed by atoms with Crippen molar-refractivity contribution in [3.63, 3.8) is 0 Å². The summed E-state index contributed by atoms with van der Waals surface area (Å²) in [6, 6.07) is 15.1. The molecular formula is C21H30O3S. The van der Waals surface area contributed by atoms with Gasteiger partial charge in [0.1, 0.15) is 0 Å². The van der Waals surface area contributed by atoms with Crippen molar-refractivity contribution in [3.05, 3.63) is 65.2 Å². The molecule has 0 saturated heterocycles. The molecule has 2 aromatic rings. The maximum atomic E-state index is 10.7. The Kier molecular flexibility index (Phi) is 8.33. The fourth-order valence-corrected chi connectivity index (χ4v) is 2.90.